The molecule has 4 atom stereocenters. The number of anilines is 1. The number of benzene rings is 1. The molecule has 38 heavy (non-hydrogen) atoms. The van der Waals surface area contributed by atoms with E-state index in [1.165, 1.54) is 30.0 Å². The fourth-order valence-corrected chi connectivity index (χ4v) is 5.47. The lowest BCUT2D eigenvalue weighted by atomic mass is 9.84. The van der Waals surface area contributed by atoms with Gasteiger partial charge in [0.1, 0.15) is 17.9 Å². The highest BCUT2D eigenvalue weighted by molar-refractivity contribution is 6.34. The van der Waals surface area contributed by atoms with Crippen LogP contribution < -0.4 is 16.0 Å². The van der Waals surface area contributed by atoms with Crippen molar-refractivity contribution in [3.63, 3.8) is 0 Å². The number of nitrogens with zero attached hydrogens (tertiary/aromatic N) is 1. The topological polar surface area (TPSA) is 162 Å². The molecular formula is C26H33ClN4O7. The summed E-state index contributed by atoms with van der Waals surface area (Å²) >= 11 is 6.29. The number of halogens is 1. The van der Waals surface area contributed by atoms with Gasteiger partial charge in [-0.15, -0.1) is 0 Å². The molecule has 2 aliphatic rings. The van der Waals surface area contributed by atoms with Crippen LogP contribution in [0.3, 0.4) is 0 Å². The first-order chi connectivity index (χ1) is 17.7. The van der Waals surface area contributed by atoms with Crippen molar-refractivity contribution in [3.8, 4) is 0 Å². The number of carboxylic acids is 1. The van der Waals surface area contributed by atoms with E-state index in [9.17, 15) is 28.8 Å². The first kappa shape index (κ1) is 29.1. The van der Waals surface area contributed by atoms with Crippen molar-refractivity contribution in [2.45, 2.75) is 71.0 Å². The van der Waals surface area contributed by atoms with Gasteiger partial charge in [0.15, 0.2) is 0 Å². The van der Waals surface area contributed by atoms with Crippen LogP contribution in [0.4, 0.5) is 5.69 Å². The number of likely N-dealkylation sites (tertiary alicyclic amines) is 1. The number of aliphatic carboxylic acids is 1. The number of fused-ring (bicyclic) bond motifs is 2. The van der Waals surface area contributed by atoms with E-state index in [4.69, 9.17) is 16.7 Å². The minimum absolute atomic E-state index is 0.0749. The zero-order valence-corrected chi connectivity index (χ0v) is 22.6. The molecule has 12 heteroatoms. The van der Waals surface area contributed by atoms with Gasteiger partial charge in [-0.3, -0.25) is 24.0 Å². The maximum absolute atomic E-state index is 13.9. The summed E-state index contributed by atoms with van der Waals surface area (Å²) in [4.78, 5) is 75.7. The van der Waals surface area contributed by atoms with Crippen molar-refractivity contribution in [3.05, 3.63) is 28.8 Å². The molecule has 4 N–H and O–H groups in total. The molecule has 1 saturated carbocycles. The summed E-state index contributed by atoms with van der Waals surface area (Å²) in [5, 5.41) is 17.0. The van der Waals surface area contributed by atoms with Crippen LogP contribution in [0.25, 0.3) is 0 Å². The normalized spacial score (nSPS) is 21.8. The number of piperidine rings is 1. The van der Waals surface area contributed by atoms with Crippen LogP contribution in [0.1, 0.15) is 63.7 Å². The van der Waals surface area contributed by atoms with E-state index in [2.05, 4.69) is 16.0 Å². The van der Waals surface area contributed by atoms with Gasteiger partial charge in [-0.1, -0.05) is 32.4 Å². The molecular weight excluding hydrogens is 516 g/mol. The Bertz CT molecular complexity index is 1160. The standard InChI is InChI=1S/C26H33ClN4O7/c1-14(33)28-16-5-6-18(19(27)9-16)22(36)30-21(25(2,3)4)23(37)31-12-15-7-8-26(31,11-15)24(38)29-17(13-32)10-20(34)35/h5-6,9,13,15,17,21H,7-8,10-12H2,1-4H3,(H,28,33)(H,29,38)(H,30,36)(H,34,35)/t15-,17+,21-,26+/m1/s1. The van der Waals surface area contributed by atoms with E-state index < -0.39 is 53.1 Å². The highest BCUT2D eigenvalue weighted by Crippen LogP contribution is 2.47. The van der Waals surface area contributed by atoms with Gasteiger partial charge in [0.25, 0.3) is 5.91 Å². The SMILES string of the molecule is CC(=O)Nc1ccc(C(=O)N[C@H](C(=O)N2C[C@@H]3CC[C@@]2(C(=O)N[C@H](C=O)CC(=O)O)C3)C(C)(C)C)c(Cl)c1. The van der Waals surface area contributed by atoms with Crippen LogP contribution in [0, 0.1) is 11.3 Å². The molecule has 1 aromatic carbocycles. The number of hydrogen-bond donors (Lipinski definition) is 4. The number of rotatable bonds is 9. The zero-order chi connectivity index (χ0) is 28.4. The average Bonchev–Trinajstić information content (AvgIpc) is 3.40. The van der Waals surface area contributed by atoms with Gasteiger partial charge in [-0.2, -0.15) is 0 Å². The first-order valence-corrected chi connectivity index (χ1v) is 12.7. The Labute approximate surface area is 225 Å². The van der Waals surface area contributed by atoms with Crippen LogP contribution in [0.2, 0.25) is 5.02 Å². The van der Waals surface area contributed by atoms with Crippen molar-refractivity contribution in [1.82, 2.24) is 15.5 Å². The summed E-state index contributed by atoms with van der Waals surface area (Å²) in [7, 11) is 0. The highest BCUT2D eigenvalue weighted by atomic mass is 35.5. The zero-order valence-electron chi connectivity index (χ0n) is 21.8. The van der Waals surface area contributed by atoms with Gasteiger partial charge in [0.2, 0.25) is 17.7 Å². The summed E-state index contributed by atoms with van der Waals surface area (Å²) < 4.78 is 0. The number of amides is 4. The Kier molecular flexibility index (Phi) is 8.50. The molecule has 206 valence electrons. The molecule has 2 fully saturated rings. The number of carbonyl (C=O) groups is 6. The van der Waals surface area contributed by atoms with Gasteiger partial charge < -0.3 is 30.8 Å². The van der Waals surface area contributed by atoms with Crippen LogP contribution in [0.15, 0.2) is 18.2 Å². The second-order valence-electron chi connectivity index (χ2n) is 11.1. The number of carboxylic acid groups (broad SMARTS) is 1. The summed E-state index contributed by atoms with van der Waals surface area (Å²) in [5.74, 6) is -3.07. The van der Waals surface area contributed by atoms with Crippen molar-refractivity contribution < 1.29 is 33.9 Å². The van der Waals surface area contributed by atoms with Gasteiger partial charge in [-0.25, -0.2) is 0 Å². The van der Waals surface area contributed by atoms with E-state index >= 15 is 0 Å². The Morgan fingerprint density at radius 3 is 2.42 bits per heavy atom. The fraction of sp³-hybridized carbons (Fsp3) is 0.538. The predicted molar refractivity (Wildman–Crippen MR) is 138 cm³/mol. The Morgan fingerprint density at radius 2 is 1.89 bits per heavy atom. The molecule has 0 radical (unpaired) electrons. The fourth-order valence-electron chi connectivity index (χ4n) is 5.21. The number of carbonyl (C=O) groups excluding carboxylic acids is 5. The molecule has 1 aliphatic heterocycles. The maximum Gasteiger partial charge on any atom is 0.305 e. The van der Waals surface area contributed by atoms with Crippen molar-refractivity contribution >= 4 is 53.2 Å². The van der Waals surface area contributed by atoms with Crippen molar-refractivity contribution in [2.24, 2.45) is 11.3 Å². The highest BCUT2D eigenvalue weighted by Gasteiger charge is 2.59. The van der Waals surface area contributed by atoms with Gasteiger partial charge in [-0.05, 0) is 48.8 Å². The quantitative estimate of drug-likeness (QED) is 0.343. The number of hydrogen-bond acceptors (Lipinski definition) is 6. The molecule has 3 rings (SSSR count). The maximum atomic E-state index is 13.9. The smallest absolute Gasteiger partial charge is 0.305 e. The van der Waals surface area contributed by atoms with Crippen molar-refractivity contribution in [1.29, 1.82) is 0 Å². The number of aldehydes is 1. The Morgan fingerprint density at radius 1 is 1.21 bits per heavy atom. The molecule has 11 nitrogen and oxygen atoms in total. The molecule has 1 saturated heterocycles. The van der Waals surface area contributed by atoms with E-state index in [1.54, 1.807) is 20.8 Å². The monoisotopic (exact) mass is 548 g/mol. The molecule has 1 aromatic rings. The summed E-state index contributed by atoms with van der Waals surface area (Å²) in [5.41, 5.74) is -1.45. The minimum atomic E-state index is -1.23. The predicted octanol–water partition coefficient (Wildman–Crippen LogP) is 1.98. The van der Waals surface area contributed by atoms with Gasteiger partial charge in [0, 0.05) is 19.2 Å². The Hall–Kier alpha value is -3.47. The lowest BCUT2D eigenvalue weighted by molar-refractivity contribution is -0.150. The molecule has 2 bridgehead atoms. The second kappa shape index (κ2) is 11.1. The summed E-state index contributed by atoms with van der Waals surface area (Å²) in [6.07, 6.45) is 1.28. The first-order valence-electron chi connectivity index (χ1n) is 12.4. The van der Waals surface area contributed by atoms with E-state index in [1.807, 2.05) is 0 Å². The minimum Gasteiger partial charge on any atom is -0.481 e. The summed E-state index contributed by atoms with van der Waals surface area (Å²) in [6, 6.07) is 2.17. The van der Waals surface area contributed by atoms with Crippen LogP contribution in [-0.2, 0) is 24.0 Å². The van der Waals surface area contributed by atoms with Crippen LogP contribution in [0.5, 0.6) is 0 Å². The van der Waals surface area contributed by atoms with Crippen molar-refractivity contribution in [2.75, 3.05) is 11.9 Å². The van der Waals surface area contributed by atoms with Crippen LogP contribution >= 0.6 is 11.6 Å². The van der Waals surface area contributed by atoms with E-state index in [0.717, 1.165) is 0 Å². The second-order valence-corrected chi connectivity index (χ2v) is 11.5. The van der Waals surface area contributed by atoms with Gasteiger partial charge in [0.05, 0.1) is 23.0 Å². The molecule has 1 aliphatic carbocycles. The molecule has 0 unspecified atom stereocenters. The molecule has 0 spiro atoms. The molecule has 0 aromatic heterocycles. The average molecular weight is 549 g/mol. The van der Waals surface area contributed by atoms with E-state index in [-0.39, 0.29) is 22.4 Å². The molecule has 4 amide bonds. The molecule has 1 heterocycles. The summed E-state index contributed by atoms with van der Waals surface area (Å²) in [6.45, 7) is 7.01. The third-order valence-electron chi connectivity index (χ3n) is 7.04. The van der Waals surface area contributed by atoms with E-state index in [0.29, 0.717) is 37.8 Å². The lowest BCUT2D eigenvalue weighted by Gasteiger charge is -2.42. The third-order valence-corrected chi connectivity index (χ3v) is 7.35. The van der Waals surface area contributed by atoms with Crippen LogP contribution in [-0.4, -0.2) is 70.1 Å². The largest absolute Gasteiger partial charge is 0.481 e. The Balaban J connectivity index is 1.85. The van der Waals surface area contributed by atoms with Gasteiger partial charge >= 0.3 is 5.97 Å². The third kappa shape index (κ3) is 6.15. The lowest BCUT2D eigenvalue weighted by Crippen LogP contribution is -2.64. The number of nitrogens with one attached hydrogen (secondary N) is 3.